The smallest absolute Gasteiger partial charge is 0.417 e. The Labute approximate surface area is 163 Å². The lowest BCUT2D eigenvalue weighted by atomic mass is 10.0. The molecule has 0 saturated heterocycles. The lowest BCUT2D eigenvalue weighted by Gasteiger charge is -2.20. The molecule has 0 spiro atoms. The zero-order valence-electron chi connectivity index (χ0n) is 16.8. The average Bonchev–Trinajstić information content (AvgIpc) is 2.70. The first-order valence-corrected chi connectivity index (χ1v) is 9.25. The Hall–Kier alpha value is -2.51. The Bertz CT molecular complexity index is 806. The number of nitrogens with one attached hydrogen (secondary N) is 1. The molecule has 0 aliphatic carbocycles. The van der Waals surface area contributed by atoms with Gasteiger partial charge in [0.1, 0.15) is 11.4 Å². The van der Waals surface area contributed by atoms with Gasteiger partial charge in [-0.1, -0.05) is 20.8 Å². The summed E-state index contributed by atoms with van der Waals surface area (Å²) in [7, 11) is 2.69. The number of nitrogens with zero attached hydrogens (tertiary/aromatic N) is 2. The molecule has 0 atom stereocenters. The molecule has 5 nitrogen and oxygen atoms in total. The number of methoxy groups -OCH3 is 2. The van der Waals surface area contributed by atoms with Crippen LogP contribution in [-0.4, -0.2) is 30.2 Å². The van der Waals surface area contributed by atoms with Gasteiger partial charge in [-0.3, -0.25) is 0 Å². The third-order valence-electron chi connectivity index (χ3n) is 4.58. The van der Waals surface area contributed by atoms with Crippen molar-refractivity contribution in [2.45, 2.75) is 52.3 Å². The predicted octanol–water partition coefficient (Wildman–Crippen LogP) is 5.34. The topological polar surface area (TPSA) is 56.3 Å². The van der Waals surface area contributed by atoms with Gasteiger partial charge in [0.05, 0.1) is 25.5 Å². The summed E-state index contributed by atoms with van der Waals surface area (Å²) in [6, 6.07) is 3.95. The predicted molar refractivity (Wildman–Crippen MR) is 103 cm³/mol. The number of alkyl halides is 3. The van der Waals surface area contributed by atoms with Crippen LogP contribution in [0.2, 0.25) is 0 Å². The summed E-state index contributed by atoms with van der Waals surface area (Å²) in [4.78, 5) is 8.94. The van der Waals surface area contributed by atoms with Crippen LogP contribution in [0.4, 0.5) is 19.0 Å². The van der Waals surface area contributed by atoms with E-state index in [2.05, 4.69) is 29.1 Å². The molecule has 8 heteroatoms. The van der Waals surface area contributed by atoms with Gasteiger partial charge in [-0.2, -0.15) is 18.2 Å². The summed E-state index contributed by atoms with van der Waals surface area (Å²) < 4.78 is 51.2. The van der Waals surface area contributed by atoms with Crippen LogP contribution in [0.25, 0.3) is 11.3 Å². The Kier molecular flexibility index (Phi) is 7.10. The van der Waals surface area contributed by atoms with E-state index in [1.54, 1.807) is 0 Å². The van der Waals surface area contributed by atoms with Crippen LogP contribution < -0.4 is 14.8 Å². The molecule has 0 unspecified atom stereocenters. The van der Waals surface area contributed by atoms with Crippen LogP contribution in [-0.2, 0) is 12.6 Å². The summed E-state index contributed by atoms with van der Waals surface area (Å²) in [6.45, 7) is 5.99. The molecule has 0 aliphatic rings. The Balaban J connectivity index is 2.66. The normalized spacial score (nSPS) is 11.6. The molecule has 1 N–H and O–H groups in total. The molecule has 0 radical (unpaired) electrons. The van der Waals surface area contributed by atoms with E-state index in [4.69, 9.17) is 9.47 Å². The maximum atomic E-state index is 13.7. The summed E-state index contributed by atoms with van der Waals surface area (Å²) >= 11 is 0. The van der Waals surface area contributed by atoms with Gasteiger partial charge in [-0.05, 0) is 37.5 Å². The van der Waals surface area contributed by atoms with E-state index in [1.807, 2.05) is 6.92 Å². The van der Waals surface area contributed by atoms with Crippen molar-refractivity contribution in [3.8, 4) is 22.9 Å². The minimum atomic E-state index is -4.57. The summed E-state index contributed by atoms with van der Waals surface area (Å²) in [6.07, 6.45) is -2.27. The van der Waals surface area contributed by atoms with E-state index in [1.165, 1.54) is 26.4 Å². The van der Waals surface area contributed by atoms with Gasteiger partial charge in [0.25, 0.3) is 0 Å². The first-order valence-electron chi connectivity index (χ1n) is 9.25. The van der Waals surface area contributed by atoms with Crippen molar-refractivity contribution in [3.63, 3.8) is 0 Å². The van der Waals surface area contributed by atoms with Gasteiger partial charge in [-0.15, -0.1) is 0 Å². The van der Waals surface area contributed by atoms with Crippen molar-refractivity contribution in [1.82, 2.24) is 9.97 Å². The molecule has 2 rings (SSSR count). The van der Waals surface area contributed by atoms with Crippen LogP contribution in [0.3, 0.4) is 0 Å². The molecule has 0 fully saturated rings. The number of halogens is 3. The number of hydrogen-bond donors (Lipinski definition) is 1. The number of anilines is 1. The van der Waals surface area contributed by atoms with Crippen molar-refractivity contribution in [2.24, 2.45) is 0 Å². The molecule has 0 amide bonds. The van der Waals surface area contributed by atoms with Gasteiger partial charge in [0.2, 0.25) is 5.88 Å². The highest BCUT2D eigenvalue weighted by molar-refractivity contribution is 5.71. The molecule has 154 valence electrons. The summed E-state index contributed by atoms with van der Waals surface area (Å²) in [5, 5.41) is 3.32. The van der Waals surface area contributed by atoms with E-state index < -0.39 is 11.7 Å². The molecular formula is C20H26F3N3O2. The first-order chi connectivity index (χ1) is 13.3. The average molecular weight is 397 g/mol. The summed E-state index contributed by atoms with van der Waals surface area (Å²) in [5.74, 6) is 0.700. The standard InChI is InChI=1S/C20H26F3N3O2/c1-6-12(7-2)24-18-16(8-3)25-17(19(26-18)28-5)14-10-9-13(27-4)11-15(14)20(21,22)23/h9-12H,6-8H2,1-5H3,(H,24,26). The van der Waals surface area contributed by atoms with Crippen LogP contribution >= 0.6 is 0 Å². The number of aromatic nitrogens is 2. The fourth-order valence-corrected chi connectivity index (χ4v) is 2.91. The second-order valence-electron chi connectivity index (χ2n) is 6.30. The minimum absolute atomic E-state index is 0.0429. The van der Waals surface area contributed by atoms with Gasteiger partial charge in [0.15, 0.2) is 5.82 Å². The van der Waals surface area contributed by atoms with E-state index in [0.717, 1.165) is 18.9 Å². The fraction of sp³-hybridized carbons (Fsp3) is 0.500. The van der Waals surface area contributed by atoms with E-state index >= 15 is 0 Å². The largest absolute Gasteiger partial charge is 0.497 e. The lowest BCUT2D eigenvalue weighted by molar-refractivity contribution is -0.137. The third kappa shape index (κ3) is 4.66. The maximum absolute atomic E-state index is 13.7. The van der Waals surface area contributed by atoms with Crippen molar-refractivity contribution < 1.29 is 22.6 Å². The van der Waals surface area contributed by atoms with Gasteiger partial charge >= 0.3 is 6.18 Å². The molecule has 1 aromatic heterocycles. The molecular weight excluding hydrogens is 371 g/mol. The van der Waals surface area contributed by atoms with E-state index in [9.17, 15) is 13.2 Å². The lowest BCUT2D eigenvalue weighted by Crippen LogP contribution is -2.20. The molecule has 1 aromatic carbocycles. The molecule has 0 aliphatic heterocycles. The second-order valence-corrected chi connectivity index (χ2v) is 6.30. The molecule has 2 aromatic rings. The molecule has 0 saturated carbocycles. The molecule has 1 heterocycles. The van der Waals surface area contributed by atoms with Crippen LogP contribution in [0.15, 0.2) is 18.2 Å². The number of benzene rings is 1. The number of rotatable bonds is 8. The Morgan fingerprint density at radius 1 is 1.04 bits per heavy atom. The highest BCUT2D eigenvalue weighted by Gasteiger charge is 2.36. The highest BCUT2D eigenvalue weighted by Crippen LogP contribution is 2.41. The number of hydrogen-bond acceptors (Lipinski definition) is 5. The molecule has 28 heavy (non-hydrogen) atoms. The zero-order chi connectivity index (χ0) is 20.9. The van der Waals surface area contributed by atoms with Gasteiger partial charge in [-0.25, -0.2) is 4.98 Å². The van der Waals surface area contributed by atoms with Crippen molar-refractivity contribution in [3.05, 3.63) is 29.5 Å². The van der Waals surface area contributed by atoms with Gasteiger partial charge in [0, 0.05) is 11.6 Å². The minimum Gasteiger partial charge on any atom is -0.497 e. The highest BCUT2D eigenvalue weighted by atomic mass is 19.4. The number of aryl methyl sites for hydroxylation is 1. The van der Waals surface area contributed by atoms with Crippen molar-refractivity contribution >= 4 is 5.82 Å². The van der Waals surface area contributed by atoms with Crippen LogP contribution in [0.1, 0.15) is 44.9 Å². The Morgan fingerprint density at radius 2 is 1.71 bits per heavy atom. The fourth-order valence-electron chi connectivity index (χ4n) is 2.91. The van der Waals surface area contributed by atoms with E-state index in [0.29, 0.717) is 17.9 Å². The number of ether oxygens (including phenoxy) is 2. The van der Waals surface area contributed by atoms with Crippen molar-refractivity contribution in [2.75, 3.05) is 19.5 Å². The Morgan fingerprint density at radius 3 is 2.21 bits per heavy atom. The monoisotopic (exact) mass is 397 g/mol. The molecule has 0 bridgehead atoms. The second kappa shape index (κ2) is 9.12. The SMILES string of the molecule is CCc1nc(-c2ccc(OC)cc2C(F)(F)F)c(OC)nc1NC(CC)CC. The van der Waals surface area contributed by atoms with Crippen molar-refractivity contribution in [1.29, 1.82) is 0 Å². The van der Waals surface area contributed by atoms with E-state index in [-0.39, 0.29) is 28.9 Å². The quantitative estimate of drug-likeness (QED) is 0.651. The zero-order valence-corrected chi connectivity index (χ0v) is 16.8. The van der Waals surface area contributed by atoms with Crippen LogP contribution in [0.5, 0.6) is 11.6 Å². The maximum Gasteiger partial charge on any atom is 0.417 e. The van der Waals surface area contributed by atoms with Gasteiger partial charge < -0.3 is 14.8 Å². The first kappa shape index (κ1) is 21.8. The summed E-state index contributed by atoms with van der Waals surface area (Å²) in [5.41, 5.74) is -0.292. The third-order valence-corrected chi connectivity index (χ3v) is 4.58. The van der Waals surface area contributed by atoms with Crippen LogP contribution in [0, 0.1) is 0 Å².